The first kappa shape index (κ1) is 18.3. The van der Waals surface area contributed by atoms with Crippen LogP contribution in [0, 0.1) is 0 Å². The molecule has 4 rings (SSSR count). The van der Waals surface area contributed by atoms with Gasteiger partial charge in [-0.15, -0.1) is 0 Å². The molecule has 0 spiro atoms. The number of imidazole rings is 1. The van der Waals surface area contributed by atoms with Crippen LogP contribution in [0.25, 0.3) is 5.69 Å². The first-order valence-electron chi connectivity index (χ1n) is 9.50. The van der Waals surface area contributed by atoms with E-state index in [2.05, 4.69) is 21.3 Å². The summed E-state index contributed by atoms with van der Waals surface area (Å²) in [5, 5.41) is 3.01. The maximum atomic E-state index is 12.6. The van der Waals surface area contributed by atoms with Gasteiger partial charge >= 0.3 is 0 Å². The summed E-state index contributed by atoms with van der Waals surface area (Å²) in [5.41, 5.74) is 2.95. The first-order valence-corrected chi connectivity index (χ1v) is 9.50. The Hall–Kier alpha value is -3.12. The van der Waals surface area contributed by atoms with Crippen LogP contribution in [-0.2, 0) is 4.79 Å². The molecular formula is C22H24N4O2. The van der Waals surface area contributed by atoms with E-state index in [9.17, 15) is 4.79 Å². The maximum Gasteiger partial charge on any atom is 0.238 e. The highest BCUT2D eigenvalue weighted by atomic mass is 16.5. The van der Waals surface area contributed by atoms with Crippen LogP contribution in [0.3, 0.4) is 0 Å². The predicted octanol–water partition coefficient (Wildman–Crippen LogP) is 3.66. The Morgan fingerprint density at radius 3 is 2.79 bits per heavy atom. The van der Waals surface area contributed by atoms with Crippen LogP contribution in [0.1, 0.15) is 24.4 Å². The number of carbonyl (C=O) groups is 1. The van der Waals surface area contributed by atoms with E-state index in [1.807, 2.05) is 53.2 Å². The van der Waals surface area contributed by atoms with Gasteiger partial charge in [-0.05, 0) is 49.7 Å². The van der Waals surface area contributed by atoms with Gasteiger partial charge in [0, 0.05) is 35.4 Å². The van der Waals surface area contributed by atoms with Crippen molar-refractivity contribution in [2.45, 2.75) is 18.9 Å². The smallest absolute Gasteiger partial charge is 0.238 e. The molecular weight excluding hydrogens is 352 g/mol. The number of aromatic nitrogens is 2. The first-order chi connectivity index (χ1) is 13.7. The van der Waals surface area contributed by atoms with Gasteiger partial charge in [-0.3, -0.25) is 9.69 Å². The molecule has 1 saturated heterocycles. The van der Waals surface area contributed by atoms with E-state index in [1.54, 1.807) is 19.6 Å². The molecule has 1 amide bonds. The highest BCUT2D eigenvalue weighted by molar-refractivity contribution is 5.92. The van der Waals surface area contributed by atoms with Crippen molar-refractivity contribution in [1.29, 1.82) is 0 Å². The number of nitrogens with one attached hydrogen (secondary N) is 1. The maximum absolute atomic E-state index is 12.6. The third-order valence-corrected chi connectivity index (χ3v) is 5.16. The summed E-state index contributed by atoms with van der Waals surface area (Å²) >= 11 is 0. The number of amides is 1. The normalized spacial score (nSPS) is 16.8. The third-order valence-electron chi connectivity index (χ3n) is 5.16. The van der Waals surface area contributed by atoms with Crippen LogP contribution >= 0.6 is 0 Å². The van der Waals surface area contributed by atoms with E-state index in [-0.39, 0.29) is 11.9 Å². The molecule has 0 radical (unpaired) electrons. The number of para-hydroxylation sites is 1. The minimum Gasteiger partial charge on any atom is -0.496 e. The van der Waals surface area contributed by atoms with E-state index in [4.69, 9.17) is 4.74 Å². The Morgan fingerprint density at radius 1 is 1.21 bits per heavy atom. The fourth-order valence-corrected chi connectivity index (χ4v) is 3.82. The lowest BCUT2D eigenvalue weighted by atomic mass is 10.0. The Bertz CT molecular complexity index is 922. The summed E-state index contributed by atoms with van der Waals surface area (Å²) in [5.74, 6) is 0.882. The molecule has 0 bridgehead atoms. The quantitative estimate of drug-likeness (QED) is 0.713. The molecule has 2 aromatic carbocycles. The number of benzene rings is 2. The summed E-state index contributed by atoms with van der Waals surface area (Å²) in [6.07, 6.45) is 7.49. The van der Waals surface area contributed by atoms with Gasteiger partial charge in [-0.1, -0.05) is 18.2 Å². The summed E-state index contributed by atoms with van der Waals surface area (Å²) in [6.45, 7) is 1.28. The van der Waals surface area contributed by atoms with Gasteiger partial charge in [0.15, 0.2) is 0 Å². The van der Waals surface area contributed by atoms with Crippen LogP contribution in [0.15, 0.2) is 67.3 Å². The number of nitrogens with zero attached hydrogens (tertiary/aromatic N) is 3. The number of hydrogen-bond acceptors (Lipinski definition) is 4. The summed E-state index contributed by atoms with van der Waals surface area (Å²) in [7, 11) is 1.69. The minimum absolute atomic E-state index is 0.00261. The number of methoxy groups -OCH3 is 1. The molecule has 1 N–H and O–H groups in total. The highest BCUT2D eigenvalue weighted by Crippen LogP contribution is 2.36. The van der Waals surface area contributed by atoms with Crippen LogP contribution in [0.4, 0.5) is 5.69 Å². The number of likely N-dealkylation sites (tertiary alicyclic amines) is 1. The monoisotopic (exact) mass is 376 g/mol. The highest BCUT2D eigenvalue weighted by Gasteiger charge is 2.29. The number of rotatable bonds is 6. The molecule has 6 nitrogen and oxygen atoms in total. The topological polar surface area (TPSA) is 59.4 Å². The van der Waals surface area contributed by atoms with Crippen molar-refractivity contribution in [3.8, 4) is 11.4 Å². The molecule has 1 aliphatic rings. The fourth-order valence-electron chi connectivity index (χ4n) is 3.82. The fraction of sp³-hybridized carbons (Fsp3) is 0.273. The zero-order valence-corrected chi connectivity index (χ0v) is 15.9. The Morgan fingerprint density at radius 2 is 2.04 bits per heavy atom. The standard InChI is InChI=1S/C22H24N4O2/c1-28-21-7-3-2-5-19(21)20-6-4-13-25(20)15-22(27)24-17-8-10-18(11-9-17)26-14-12-23-16-26/h2-3,5,7-12,14,16,20H,4,6,13,15H2,1H3,(H,24,27)/t20-/m0/s1. The largest absolute Gasteiger partial charge is 0.496 e. The average Bonchev–Trinajstić information content (AvgIpc) is 3.41. The average molecular weight is 376 g/mol. The van der Waals surface area contributed by atoms with Crippen LogP contribution < -0.4 is 10.1 Å². The summed E-state index contributed by atoms with van der Waals surface area (Å²) in [6, 6.07) is 16.0. The van der Waals surface area contributed by atoms with Gasteiger partial charge in [0.1, 0.15) is 5.75 Å². The Kier molecular flexibility index (Phi) is 5.39. The number of carbonyl (C=O) groups excluding carboxylic acids is 1. The zero-order valence-electron chi connectivity index (χ0n) is 15.9. The Labute approximate surface area is 164 Å². The molecule has 0 aliphatic carbocycles. The molecule has 1 aromatic heterocycles. The van der Waals surface area contributed by atoms with Gasteiger partial charge < -0.3 is 14.6 Å². The SMILES string of the molecule is COc1ccccc1[C@@H]1CCCN1CC(=O)Nc1ccc(-n2ccnc2)cc1. The van der Waals surface area contributed by atoms with Crippen LogP contribution in [0.2, 0.25) is 0 Å². The lowest BCUT2D eigenvalue weighted by Crippen LogP contribution is -2.33. The molecule has 28 heavy (non-hydrogen) atoms. The molecule has 6 heteroatoms. The summed E-state index contributed by atoms with van der Waals surface area (Å²) < 4.78 is 7.44. The second-order valence-corrected chi connectivity index (χ2v) is 6.94. The van der Waals surface area contributed by atoms with Gasteiger partial charge in [0.2, 0.25) is 5.91 Å². The van der Waals surface area contributed by atoms with Crippen molar-refractivity contribution >= 4 is 11.6 Å². The molecule has 1 atom stereocenters. The third kappa shape index (κ3) is 3.92. The number of ether oxygens (including phenoxy) is 1. The van der Waals surface area contributed by atoms with E-state index < -0.39 is 0 Å². The minimum atomic E-state index is -0.00261. The van der Waals surface area contributed by atoms with E-state index >= 15 is 0 Å². The molecule has 1 aliphatic heterocycles. The van der Waals surface area contributed by atoms with Gasteiger partial charge in [-0.25, -0.2) is 4.98 Å². The Balaban J connectivity index is 1.40. The molecule has 0 unspecified atom stereocenters. The predicted molar refractivity (Wildman–Crippen MR) is 109 cm³/mol. The number of anilines is 1. The second kappa shape index (κ2) is 8.27. The molecule has 3 aromatic rings. The lowest BCUT2D eigenvalue weighted by molar-refractivity contribution is -0.117. The molecule has 1 fully saturated rings. The van der Waals surface area contributed by atoms with E-state index in [0.29, 0.717) is 6.54 Å². The zero-order chi connectivity index (χ0) is 19.3. The lowest BCUT2D eigenvalue weighted by Gasteiger charge is -2.25. The van der Waals surface area contributed by atoms with E-state index in [0.717, 1.165) is 42.1 Å². The van der Waals surface area contributed by atoms with Crippen molar-refractivity contribution in [2.24, 2.45) is 0 Å². The molecule has 2 heterocycles. The van der Waals surface area contributed by atoms with Crippen LogP contribution in [0.5, 0.6) is 5.75 Å². The van der Waals surface area contributed by atoms with Crippen molar-refractivity contribution in [2.75, 3.05) is 25.5 Å². The molecule has 0 saturated carbocycles. The van der Waals surface area contributed by atoms with Gasteiger partial charge in [-0.2, -0.15) is 0 Å². The van der Waals surface area contributed by atoms with Gasteiger partial charge in [0.05, 0.1) is 20.0 Å². The molecule has 144 valence electrons. The van der Waals surface area contributed by atoms with Gasteiger partial charge in [0.25, 0.3) is 0 Å². The van der Waals surface area contributed by atoms with Crippen molar-refractivity contribution < 1.29 is 9.53 Å². The van der Waals surface area contributed by atoms with Crippen LogP contribution in [-0.4, -0.2) is 40.6 Å². The van der Waals surface area contributed by atoms with Crippen molar-refractivity contribution in [3.63, 3.8) is 0 Å². The van der Waals surface area contributed by atoms with Crippen molar-refractivity contribution in [1.82, 2.24) is 14.5 Å². The van der Waals surface area contributed by atoms with E-state index in [1.165, 1.54) is 0 Å². The summed E-state index contributed by atoms with van der Waals surface area (Å²) in [4.78, 5) is 18.9. The van der Waals surface area contributed by atoms with Crippen molar-refractivity contribution in [3.05, 3.63) is 72.8 Å². The second-order valence-electron chi connectivity index (χ2n) is 6.94. The number of hydrogen-bond donors (Lipinski definition) is 1.